The number of ether oxygens (including phenoxy) is 1. The van der Waals surface area contributed by atoms with Gasteiger partial charge in [-0.3, -0.25) is 15.0 Å². The maximum atomic E-state index is 11.2. The molecule has 6 heteroatoms. The van der Waals surface area contributed by atoms with Gasteiger partial charge >= 0.3 is 11.8 Å². The molecule has 6 nitrogen and oxygen atoms in total. The highest BCUT2D eigenvalue weighted by molar-refractivity contribution is 6.34. The van der Waals surface area contributed by atoms with E-state index in [1.54, 1.807) is 5.43 Å². The second kappa shape index (κ2) is 5.67. The molecule has 0 aromatic heterocycles. The number of hydrogen-bond acceptors (Lipinski definition) is 4. The van der Waals surface area contributed by atoms with Crippen LogP contribution in [0.2, 0.25) is 0 Å². The molecule has 2 amide bonds. The molecule has 0 atom stereocenters. The Bertz CT molecular complexity index is 241. The van der Waals surface area contributed by atoms with Crippen molar-refractivity contribution in [2.45, 2.75) is 12.8 Å². The van der Waals surface area contributed by atoms with Gasteiger partial charge in [0.2, 0.25) is 0 Å². The van der Waals surface area contributed by atoms with Crippen LogP contribution >= 0.6 is 0 Å². The predicted molar refractivity (Wildman–Crippen MR) is 53.5 cm³/mol. The van der Waals surface area contributed by atoms with Gasteiger partial charge in [0.05, 0.1) is 6.61 Å². The van der Waals surface area contributed by atoms with Crippen molar-refractivity contribution in [3.8, 4) is 0 Å². The average Bonchev–Trinajstić information content (AvgIpc) is 3.05. The van der Waals surface area contributed by atoms with Gasteiger partial charge in [0.1, 0.15) is 0 Å². The van der Waals surface area contributed by atoms with Crippen molar-refractivity contribution in [3.63, 3.8) is 0 Å². The second-order valence-electron chi connectivity index (χ2n) is 3.72. The summed E-state index contributed by atoms with van der Waals surface area (Å²) in [6.07, 6.45) is 2.48. The SMILES string of the molecule is CN(CCOCC1CC1)C(=O)C(=O)NN. The standard InChI is InChI=1S/C9H17N3O3/c1-12(9(14)8(13)11-10)4-5-15-6-7-2-3-7/h7H,2-6,10H2,1H3,(H,11,13). The van der Waals surface area contributed by atoms with E-state index in [0.717, 1.165) is 6.61 Å². The number of likely N-dealkylation sites (N-methyl/N-ethyl adjacent to an activating group) is 1. The third-order valence-corrected chi connectivity index (χ3v) is 2.29. The molecule has 0 unspecified atom stereocenters. The number of carbonyl (C=O) groups is 2. The largest absolute Gasteiger partial charge is 0.379 e. The molecule has 0 bridgehead atoms. The van der Waals surface area contributed by atoms with Gasteiger partial charge in [0, 0.05) is 20.2 Å². The van der Waals surface area contributed by atoms with Crippen LogP contribution in [0.5, 0.6) is 0 Å². The highest BCUT2D eigenvalue weighted by atomic mass is 16.5. The summed E-state index contributed by atoms with van der Waals surface area (Å²) in [7, 11) is 1.54. The minimum absolute atomic E-state index is 0.402. The summed E-state index contributed by atoms with van der Waals surface area (Å²) in [6, 6.07) is 0. The minimum Gasteiger partial charge on any atom is -0.379 e. The fraction of sp³-hybridized carbons (Fsp3) is 0.778. The van der Waals surface area contributed by atoms with Crippen LogP contribution in [0.25, 0.3) is 0 Å². The maximum absolute atomic E-state index is 11.2. The minimum atomic E-state index is -0.806. The maximum Gasteiger partial charge on any atom is 0.323 e. The van der Waals surface area contributed by atoms with Gasteiger partial charge in [-0.1, -0.05) is 0 Å². The zero-order valence-electron chi connectivity index (χ0n) is 8.86. The van der Waals surface area contributed by atoms with Crippen LogP contribution in [0.3, 0.4) is 0 Å². The first-order chi connectivity index (χ1) is 7.15. The Morgan fingerprint density at radius 2 is 2.20 bits per heavy atom. The van der Waals surface area contributed by atoms with E-state index in [1.165, 1.54) is 24.8 Å². The molecule has 0 heterocycles. The predicted octanol–water partition coefficient (Wildman–Crippen LogP) is -1.14. The van der Waals surface area contributed by atoms with Crippen molar-refractivity contribution in [2.75, 3.05) is 26.8 Å². The van der Waals surface area contributed by atoms with E-state index in [1.807, 2.05) is 0 Å². The zero-order chi connectivity index (χ0) is 11.3. The number of rotatable bonds is 5. The topological polar surface area (TPSA) is 84.7 Å². The van der Waals surface area contributed by atoms with Crippen molar-refractivity contribution in [1.29, 1.82) is 0 Å². The van der Waals surface area contributed by atoms with E-state index in [0.29, 0.717) is 19.1 Å². The molecule has 0 saturated heterocycles. The monoisotopic (exact) mass is 215 g/mol. The summed E-state index contributed by atoms with van der Waals surface area (Å²) < 4.78 is 5.33. The average molecular weight is 215 g/mol. The Balaban J connectivity index is 2.07. The van der Waals surface area contributed by atoms with Gasteiger partial charge in [-0.15, -0.1) is 0 Å². The molecule has 86 valence electrons. The van der Waals surface area contributed by atoms with Crippen LogP contribution in [0.15, 0.2) is 0 Å². The van der Waals surface area contributed by atoms with Crippen molar-refractivity contribution in [3.05, 3.63) is 0 Å². The van der Waals surface area contributed by atoms with Gasteiger partial charge in [0.25, 0.3) is 0 Å². The van der Waals surface area contributed by atoms with Crippen molar-refractivity contribution in [2.24, 2.45) is 11.8 Å². The van der Waals surface area contributed by atoms with Crippen LogP contribution in [-0.4, -0.2) is 43.5 Å². The Kier molecular flexibility index (Phi) is 4.51. The molecule has 1 saturated carbocycles. The van der Waals surface area contributed by atoms with Gasteiger partial charge in [-0.25, -0.2) is 5.84 Å². The molecular formula is C9H17N3O3. The first-order valence-electron chi connectivity index (χ1n) is 4.99. The van der Waals surface area contributed by atoms with E-state index in [-0.39, 0.29) is 0 Å². The van der Waals surface area contributed by atoms with Gasteiger partial charge < -0.3 is 9.64 Å². The van der Waals surface area contributed by atoms with Gasteiger partial charge in [-0.2, -0.15) is 0 Å². The Morgan fingerprint density at radius 1 is 1.53 bits per heavy atom. The number of carbonyl (C=O) groups excluding carboxylic acids is 2. The van der Waals surface area contributed by atoms with Crippen molar-refractivity contribution < 1.29 is 14.3 Å². The van der Waals surface area contributed by atoms with E-state index in [4.69, 9.17) is 10.6 Å². The molecule has 0 spiro atoms. The Hall–Kier alpha value is -1.14. The van der Waals surface area contributed by atoms with Crippen LogP contribution in [0.4, 0.5) is 0 Å². The number of hydrogen-bond donors (Lipinski definition) is 2. The summed E-state index contributed by atoms with van der Waals surface area (Å²) in [5, 5.41) is 0. The van der Waals surface area contributed by atoms with E-state index in [2.05, 4.69) is 0 Å². The van der Waals surface area contributed by atoms with Crippen molar-refractivity contribution in [1.82, 2.24) is 10.3 Å². The molecule has 3 N–H and O–H groups in total. The summed E-state index contributed by atoms with van der Waals surface area (Å²) in [5.74, 6) is 4.09. The molecular weight excluding hydrogens is 198 g/mol. The van der Waals surface area contributed by atoms with Crippen molar-refractivity contribution >= 4 is 11.8 Å². The smallest absolute Gasteiger partial charge is 0.323 e. The zero-order valence-corrected chi connectivity index (χ0v) is 8.86. The molecule has 1 fully saturated rings. The molecule has 0 radical (unpaired) electrons. The van der Waals surface area contributed by atoms with Crippen LogP contribution in [0.1, 0.15) is 12.8 Å². The van der Waals surface area contributed by atoms with E-state index in [9.17, 15) is 9.59 Å². The first kappa shape index (κ1) is 11.9. The third-order valence-electron chi connectivity index (χ3n) is 2.29. The van der Waals surface area contributed by atoms with E-state index >= 15 is 0 Å². The summed E-state index contributed by atoms with van der Waals surface area (Å²) >= 11 is 0. The Labute approximate surface area is 88.7 Å². The fourth-order valence-corrected chi connectivity index (χ4v) is 1.07. The number of nitrogens with one attached hydrogen (secondary N) is 1. The highest BCUT2D eigenvalue weighted by Gasteiger charge is 2.21. The lowest BCUT2D eigenvalue weighted by molar-refractivity contribution is -0.145. The number of nitrogens with two attached hydrogens (primary N) is 1. The molecule has 0 aromatic carbocycles. The number of nitrogens with zero attached hydrogens (tertiary/aromatic N) is 1. The molecule has 1 rings (SSSR count). The van der Waals surface area contributed by atoms with Crippen LogP contribution < -0.4 is 11.3 Å². The lowest BCUT2D eigenvalue weighted by Crippen LogP contribution is -2.44. The molecule has 0 aromatic rings. The van der Waals surface area contributed by atoms with Gasteiger partial charge in [-0.05, 0) is 18.8 Å². The van der Waals surface area contributed by atoms with Gasteiger partial charge in [0.15, 0.2) is 0 Å². The quantitative estimate of drug-likeness (QED) is 0.200. The highest BCUT2D eigenvalue weighted by Crippen LogP contribution is 2.28. The summed E-state index contributed by atoms with van der Waals surface area (Å²) in [5.41, 5.74) is 1.79. The molecule has 15 heavy (non-hydrogen) atoms. The fourth-order valence-electron chi connectivity index (χ4n) is 1.07. The summed E-state index contributed by atoms with van der Waals surface area (Å²) in [4.78, 5) is 23.3. The number of amides is 2. The normalized spacial score (nSPS) is 14.8. The lowest BCUT2D eigenvalue weighted by Gasteiger charge is -2.15. The van der Waals surface area contributed by atoms with E-state index < -0.39 is 11.8 Å². The lowest BCUT2D eigenvalue weighted by atomic mass is 10.4. The second-order valence-corrected chi connectivity index (χ2v) is 3.72. The van der Waals surface area contributed by atoms with Crippen LogP contribution in [0, 0.1) is 5.92 Å². The molecule has 0 aliphatic heterocycles. The first-order valence-corrected chi connectivity index (χ1v) is 4.99. The number of hydrazine groups is 1. The summed E-state index contributed by atoms with van der Waals surface area (Å²) in [6.45, 7) is 1.61. The molecule has 1 aliphatic carbocycles. The third kappa shape index (κ3) is 4.26. The van der Waals surface area contributed by atoms with Crippen LogP contribution in [-0.2, 0) is 14.3 Å². The Morgan fingerprint density at radius 3 is 2.73 bits per heavy atom. The molecule has 1 aliphatic rings.